The second-order valence-electron chi connectivity index (χ2n) is 8.34. The molecule has 8 heteroatoms. The minimum Gasteiger partial charge on any atom is -0.390 e. The molecular weight excluding hydrogens is 386 g/mol. The van der Waals surface area contributed by atoms with Gasteiger partial charge in [0.25, 0.3) is 0 Å². The van der Waals surface area contributed by atoms with Gasteiger partial charge in [0.15, 0.2) is 0 Å². The third-order valence-electron chi connectivity index (χ3n) is 5.10. The van der Waals surface area contributed by atoms with Crippen LogP contribution in [0.2, 0.25) is 0 Å². The number of hydrogen-bond acceptors (Lipinski definition) is 6. The summed E-state index contributed by atoms with van der Waals surface area (Å²) in [6.07, 6.45) is -0.984. The normalized spacial score (nSPS) is 14.7. The van der Waals surface area contributed by atoms with Gasteiger partial charge in [0, 0.05) is 7.05 Å². The van der Waals surface area contributed by atoms with Crippen molar-refractivity contribution in [1.82, 2.24) is 16.3 Å². The first kappa shape index (κ1) is 23.8. The fourth-order valence-electron chi connectivity index (χ4n) is 3.42. The Morgan fingerprint density at radius 3 is 2.37 bits per heavy atom. The van der Waals surface area contributed by atoms with E-state index in [1.807, 2.05) is 63.2 Å². The SMILES string of the molecule is CNC(=O)[C@@H](NC(=O)[C@H](Cc1cccc2ccccc12)C(O)CONO)C(C)(C)C. The average Bonchev–Trinajstić information content (AvgIpc) is 2.72. The molecule has 2 aromatic rings. The average molecular weight is 418 g/mol. The van der Waals surface area contributed by atoms with Gasteiger partial charge < -0.3 is 15.7 Å². The Morgan fingerprint density at radius 2 is 1.73 bits per heavy atom. The first-order valence-corrected chi connectivity index (χ1v) is 9.86. The van der Waals surface area contributed by atoms with Crippen LogP contribution in [0.25, 0.3) is 10.8 Å². The van der Waals surface area contributed by atoms with Gasteiger partial charge in [-0.1, -0.05) is 68.9 Å². The molecule has 0 heterocycles. The number of carbonyl (C=O) groups excluding carboxylic acids is 2. The van der Waals surface area contributed by atoms with Gasteiger partial charge in [-0.15, -0.1) is 0 Å². The topological polar surface area (TPSA) is 120 Å². The van der Waals surface area contributed by atoms with Crippen LogP contribution in [0.1, 0.15) is 26.3 Å². The lowest BCUT2D eigenvalue weighted by atomic mass is 9.84. The summed E-state index contributed by atoms with van der Waals surface area (Å²) in [4.78, 5) is 30.2. The molecule has 2 amide bonds. The molecular formula is C22H31N3O5. The lowest BCUT2D eigenvalue weighted by Gasteiger charge is -2.32. The highest BCUT2D eigenvalue weighted by Crippen LogP contribution is 2.24. The van der Waals surface area contributed by atoms with Crippen LogP contribution in [0.3, 0.4) is 0 Å². The lowest BCUT2D eigenvalue weighted by molar-refractivity contribution is -0.158. The predicted molar refractivity (Wildman–Crippen MR) is 113 cm³/mol. The number of rotatable bonds is 9. The number of benzene rings is 2. The highest BCUT2D eigenvalue weighted by atomic mass is 16.8. The summed E-state index contributed by atoms with van der Waals surface area (Å²) in [5, 5.41) is 26.7. The molecule has 1 unspecified atom stereocenters. The molecule has 8 nitrogen and oxygen atoms in total. The monoisotopic (exact) mass is 417 g/mol. The molecule has 2 rings (SSSR count). The Kier molecular flexibility index (Phi) is 8.31. The van der Waals surface area contributed by atoms with E-state index in [0.717, 1.165) is 16.3 Å². The predicted octanol–water partition coefficient (Wildman–Crippen LogP) is 1.55. The molecule has 0 fully saturated rings. The van der Waals surface area contributed by atoms with Gasteiger partial charge in [0.2, 0.25) is 11.8 Å². The van der Waals surface area contributed by atoms with Crippen molar-refractivity contribution < 1.29 is 24.7 Å². The van der Waals surface area contributed by atoms with Gasteiger partial charge in [0.05, 0.1) is 18.6 Å². The molecule has 0 aliphatic heterocycles. The molecule has 0 bridgehead atoms. The summed E-state index contributed by atoms with van der Waals surface area (Å²) >= 11 is 0. The summed E-state index contributed by atoms with van der Waals surface area (Å²) < 4.78 is 0. The van der Waals surface area contributed by atoms with Crippen molar-refractivity contribution in [2.75, 3.05) is 13.7 Å². The van der Waals surface area contributed by atoms with Crippen LogP contribution >= 0.6 is 0 Å². The Labute approximate surface area is 176 Å². The smallest absolute Gasteiger partial charge is 0.242 e. The summed E-state index contributed by atoms with van der Waals surface area (Å²) in [7, 11) is 1.51. The summed E-state index contributed by atoms with van der Waals surface area (Å²) in [6, 6.07) is 12.8. The standard InChI is InChI=1S/C22H31N3O5/c1-22(2,3)19(21(28)23-4)24-20(27)17(18(26)13-30-25-29)12-15-10-7-9-14-8-5-6-11-16(14)15/h5-11,17-19,25-26,29H,12-13H2,1-4H3,(H,23,28)(H,24,27)/t17-,18?,19-/m1/s1. The van der Waals surface area contributed by atoms with Crippen LogP contribution in [0, 0.1) is 11.3 Å². The van der Waals surface area contributed by atoms with Gasteiger partial charge in [-0.3, -0.25) is 19.6 Å². The van der Waals surface area contributed by atoms with E-state index in [1.165, 1.54) is 12.7 Å². The number of nitrogens with one attached hydrogen (secondary N) is 3. The third kappa shape index (κ3) is 5.99. The maximum absolute atomic E-state index is 13.2. The first-order chi connectivity index (χ1) is 14.2. The van der Waals surface area contributed by atoms with Crippen molar-refractivity contribution in [1.29, 1.82) is 0 Å². The van der Waals surface area contributed by atoms with Gasteiger partial charge in [0.1, 0.15) is 6.04 Å². The van der Waals surface area contributed by atoms with Crippen molar-refractivity contribution in [2.24, 2.45) is 11.3 Å². The van der Waals surface area contributed by atoms with Crippen molar-refractivity contribution in [3.63, 3.8) is 0 Å². The fourth-order valence-corrected chi connectivity index (χ4v) is 3.42. The minimum absolute atomic E-state index is 0.230. The van der Waals surface area contributed by atoms with Gasteiger partial charge in [-0.2, -0.15) is 0 Å². The molecule has 30 heavy (non-hydrogen) atoms. The van der Waals surface area contributed by atoms with Crippen molar-refractivity contribution in [3.05, 3.63) is 48.0 Å². The lowest BCUT2D eigenvalue weighted by Crippen LogP contribution is -2.55. The number of likely N-dealkylation sites (N-methyl/N-ethyl adjacent to an activating group) is 1. The highest BCUT2D eigenvalue weighted by molar-refractivity contribution is 5.90. The number of aliphatic hydroxyl groups excluding tert-OH is 1. The summed E-state index contributed by atoms with van der Waals surface area (Å²) in [5.74, 6) is -1.69. The first-order valence-electron chi connectivity index (χ1n) is 9.86. The van der Waals surface area contributed by atoms with E-state index in [-0.39, 0.29) is 18.9 Å². The Hall–Kier alpha value is -2.52. The molecule has 0 saturated heterocycles. The van der Waals surface area contributed by atoms with Crippen LogP contribution in [0.4, 0.5) is 0 Å². The zero-order valence-corrected chi connectivity index (χ0v) is 17.8. The van der Waals surface area contributed by atoms with E-state index in [1.54, 1.807) is 0 Å². The number of amides is 2. The second-order valence-corrected chi connectivity index (χ2v) is 8.34. The maximum atomic E-state index is 13.2. The molecule has 3 atom stereocenters. The zero-order valence-electron chi connectivity index (χ0n) is 17.8. The number of fused-ring (bicyclic) bond motifs is 1. The Bertz CT molecular complexity index is 860. The second kappa shape index (κ2) is 10.5. The quantitative estimate of drug-likeness (QED) is 0.395. The number of hydrogen-bond donors (Lipinski definition) is 5. The van der Waals surface area contributed by atoms with Gasteiger partial charge in [-0.25, -0.2) is 0 Å². The molecule has 5 N–H and O–H groups in total. The van der Waals surface area contributed by atoms with E-state index in [2.05, 4.69) is 15.5 Å². The summed E-state index contributed by atoms with van der Waals surface area (Å²) in [5.41, 5.74) is 1.87. The van der Waals surface area contributed by atoms with E-state index >= 15 is 0 Å². The van der Waals surface area contributed by atoms with Gasteiger partial charge in [-0.05, 0) is 28.2 Å². The van der Waals surface area contributed by atoms with Gasteiger partial charge >= 0.3 is 0 Å². The van der Waals surface area contributed by atoms with Crippen LogP contribution < -0.4 is 16.3 Å². The molecule has 0 aliphatic rings. The molecule has 0 aromatic heterocycles. The Balaban J connectivity index is 2.34. The number of aliphatic hydroxyl groups is 1. The van der Waals surface area contributed by atoms with Crippen LogP contribution in [0.15, 0.2) is 42.5 Å². The zero-order chi connectivity index (χ0) is 22.3. The Morgan fingerprint density at radius 1 is 1.07 bits per heavy atom. The molecule has 0 radical (unpaired) electrons. The molecule has 2 aromatic carbocycles. The van der Waals surface area contributed by atoms with E-state index in [9.17, 15) is 14.7 Å². The van der Waals surface area contributed by atoms with Crippen molar-refractivity contribution >= 4 is 22.6 Å². The maximum Gasteiger partial charge on any atom is 0.242 e. The van der Waals surface area contributed by atoms with Crippen molar-refractivity contribution in [3.8, 4) is 0 Å². The number of carbonyl (C=O) groups is 2. The summed E-state index contributed by atoms with van der Waals surface area (Å²) in [6.45, 7) is 5.24. The molecule has 0 aliphatic carbocycles. The van der Waals surface area contributed by atoms with Crippen molar-refractivity contribution in [2.45, 2.75) is 39.3 Å². The van der Waals surface area contributed by atoms with E-state index in [4.69, 9.17) is 5.21 Å². The fraction of sp³-hybridized carbons (Fsp3) is 0.455. The van der Waals surface area contributed by atoms with Crippen LogP contribution in [-0.4, -0.2) is 47.9 Å². The molecule has 164 valence electrons. The van der Waals surface area contributed by atoms with Crippen LogP contribution in [-0.2, 0) is 20.8 Å². The molecule has 0 saturated carbocycles. The highest BCUT2D eigenvalue weighted by Gasteiger charge is 2.36. The third-order valence-corrected chi connectivity index (χ3v) is 5.10. The largest absolute Gasteiger partial charge is 0.390 e. The minimum atomic E-state index is -1.21. The van der Waals surface area contributed by atoms with E-state index < -0.39 is 29.4 Å². The van der Waals surface area contributed by atoms with E-state index in [0.29, 0.717) is 0 Å². The van der Waals surface area contributed by atoms with Crippen LogP contribution in [0.5, 0.6) is 0 Å². The molecule has 0 spiro atoms.